The molecule has 1 fully saturated rings. The standard InChI is InChI=1S/C23H27N7O2/c1-28(2)18-6-8-29(14-18)22(31)15-4-3-5-17(10-15)26-23(32)30-9-7-19-16(13-30)11-24-21-20(19)12-25-27-21/h3-5,10-12,18H,6-9,13-14H2,1-2H3,(H,26,32)(H,24,25,27). The quantitative estimate of drug-likeness (QED) is 0.661. The van der Waals surface area contributed by atoms with Crippen LogP contribution in [0, 0.1) is 0 Å². The number of fused-ring (bicyclic) bond motifs is 3. The van der Waals surface area contributed by atoms with E-state index < -0.39 is 0 Å². The van der Waals surface area contributed by atoms with E-state index in [-0.39, 0.29) is 11.9 Å². The molecule has 3 aromatic rings. The molecule has 0 bridgehead atoms. The third kappa shape index (κ3) is 3.80. The number of aromatic nitrogens is 3. The van der Waals surface area contributed by atoms with Crippen molar-refractivity contribution in [2.45, 2.75) is 25.4 Å². The molecule has 0 spiro atoms. The van der Waals surface area contributed by atoms with Crippen LogP contribution in [0.5, 0.6) is 0 Å². The largest absolute Gasteiger partial charge is 0.337 e. The molecule has 2 aliphatic heterocycles. The van der Waals surface area contributed by atoms with Gasteiger partial charge in [-0.1, -0.05) is 6.07 Å². The number of H-pyrrole nitrogens is 1. The maximum atomic E-state index is 12.9. The fraction of sp³-hybridized carbons (Fsp3) is 0.391. The molecule has 0 radical (unpaired) electrons. The third-order valence-electron chi connectivity index (χ3n) is 6.50. The zero-order chi connectivity index (χ0) is 22.2. The summed E-state index contributed by atoms with van der Waals surface area (Å²) >= 11 is 0. The molecule has 1 aromatic carbocycles. The highest BCUT2D eigenvalue weighted by Gasteiger charge is 2.28. The molecule has 4 heterocycles. The Balaban J connectivity index is 1.26. The Kier molecular flexibility index (Phi) is 5.26. The van der Waals surface area contributed by atoms with Gasteiger partial charge in [0.25, 0.3) is 5.91 Å². The van der Waals surface area contributed by atoms with Crippen LogP contribution < -0.4 is 5.32 Å². The molecule has 32 heavy (non-hydrogen) atoms. The van der Waals surface area contributed by atoms with Gasteiger partial charge in [0.05, 0.1) is 6.20 Å². The number of likely N-dealkylation sites (N-methyl/N-ethyl adjacent to an activating group) is 1. The van der Waals surface area contributed by atoms with Crippen LogP contribution in [0.1, 0.15) is 27.9 Å². The Bertz CT molecular complexity index is 1170. The highest BCUT2D eigenvalue weighted by molar-refractivity contribution is 5.97. The van der Waals surface area contributed by atoms with Gasteiger partial charge in [-0.25, -0.2) is 9.78 Å². The zero-order valence-corrected chi connectivity index (χ0v) is 18.3. The van der Waals surface area contributed by atoms with Crippen LogP contribution in [0.2, 0.25) is 0 Å². The summed E-state index contributed by atoms with van der Waals surface area (Å²) in [5, 5.41) is 10.9. The van der Waals surface area contributed by atoms with Gasteiger partial charge in [-0.05, 0) is 56.3 Å². The van der Waals surface area contributed by atoms with E-state index in [9.17, 15) is 9.59 Å². The van der Waals surface area contributed by atoms with E-state index in [1.807, 2.05) is 37.3 Å². The molecule has 2 N–H and O–H groups in total. The number of carbonyl (C=O) groups is 2. The molecule has 9 nitrogen and oxygen atoms in total. The molecule has 1 atom stereocenters. The van der Waals surface area contributed by atoms with Crippen LogP contribution in [0.15, 0.2) is 36.7 Å². The second-order valence-electron chi connectivity index (χ2n) is 8.73. The highest BCUT2D eigenvalue weighted by Crippen LogP contribution is 2.25. The SMILES string of the molecule is CN(C)C1CCN(C(=O)c2cccc(NC(=O)N3CCc4c(cnc5[nH]ncc45)C3)c2)C1. The summed E-state index contributed by atoms with van der Waals surface area (Å²) in [5.41, 5.74) is 4.23. The lowest BCUT2D eigenvalue weighted by molar-refractivity contribution is 0.0783. The van der Waals surface area contributed by atoms with E-state index in [4.69, 9.17) is 0 Å². The van der Waals surface area contributed by atoms with Crippen LogP contribution in [0.3, 0.4) is 0 Å². The van der Waals surface area contributed by atoms with E-state index in [2.05, 4.69) is 25.4 Å². The Labute approximate surface area is 186 Å². The number of amides is 3. The van der Waals surface area contributed by atoms with E-state index in [0.29, 0.717) is 30.4 Å². The maximum Gasteiger partial charge on any atom is 0.322 e. The first kappa shape index (κ1) is 20.4. The molecular weight excluding hydrogens is 406 g/mol. The summed E-state index contributed by atoms with van der Waals surface area (Å²) in [6, 6.07) is 7.41. The van der Waals surface area contributed by atoms with Crippen LogP contribution in [-0.2, 0) is 13.0 Å². The predicted molar refractivity (Wildman–Crippen MR) is 121 cm³/mol. The number of benzene rings is 1. The van der Waals surface area contributed by atoms with Gasteiger partial charge in [0.2, 0.25) is 0 Å². The Morgan fingerprint density at radius 1 is 1.19 bits per heavy atom. The minimum absolute atomic E-state index is 0.00699. The summed E-state index contributed by atoms with van der Waals surface area (Å²) in [4.78, 5) is 36.1. The molecule has 3 amide bonds. The molecule has 0 aliphatic carbocycles. The smallest absolute Gasteiger partial charge is 0.322 e. The van der Waals surface area contributed by atoms with Gasteiger partial charge in [0.1, 0.15) is 0 Å². The third-order valence-corrected chi connectivity index (χ3v) is 6.50. The van der Waals surface area contributed by atoms with Crippen molar-refractivity contribution in [3.8, 4) is 0 Å². The van der Waals surface area contributed by atoms with Gasteiger partial charge in [0.15, 0.2) is 5.65 Å². The Morgan fingerprint density at radius 3 is 2.88 bits per heavy atom. The molecule has 2 aromatic heterocycles. The first-order chi connectivity index (χ1) is 15.5. The van der Waals surface area contributed by atoms with Crippen LogP contribution >= 0.6 is 0 Å². The van der Waals surface area contributed by atoms with Crippen LogP contribution in [-0.4, -0.2) is 81.6 Å². The summed E-state index contributed by atoms with van der Waals surface area (Å²) in [6.07, 6.45) is 5.33. The first-order valence-corrected chi connectivity index (χ1v) is 10.9. The minimum atomic E-state index is -0.179. The summed E-state index contributed by atoms with van der Waals surface area (Å²) in [6.45, 7) is 2.59. The van der Waals surface area contributed by atoms with Crippen molar-refractivity contribution in [2.24, 2.45) is 0 Å². The summed E-state index contributed by atoms with van der Waals surface area (Å²) in [7, 11) is 4.09. The monoisotopic (exact) mass is 433 g/mol. The number of rotatable bonds is 3. The molecule has 2 aliphatic rings. The lowest BCUT2D eigenvalue weighted by Crippen LogP contribution is -2.39. The molecule has 5 rings (SSSR count). The number of carbonyl (C=O) groups excluding carboxylic acids is 2. The van der Waals surface area contributed by atoms with E-state index in [0.717, 1.165) is 42.5 Å². The van der Waals surface area contributed by atoms with Crippen molar-refractivity contribution in [2.75, 3.05) is 39.0 Å². The number of anilines is 1. The van der Waals surface area contributed by atoms with Gasteiger partial charge in [-0.3, -0.25) is 9.89 Å². The van der Waals surface area contributed by atoms with Gasteiger partial charge >= 0.3 is 6.03 Å². The highest BCUT2D eigenvalue weighted by atomic mass is 16.2. The lowest BCUT2D eigenvalue weighted by Gasteiger charge is -2.29. The lowest BCUT2D eigenvalue weighted by atomic mass is 9.99. The minimum Gasteiger partial charge on any atom is -0.337 e. The first-order valence-electron chi connectivity index (χ1n) is 10.9. The molecule has 1 unspecified atom stereocenters. The van der Waals surface area contributed by atoms with Crippen molar-refractivity contribution >= 4 is 28.7 Å². The normalized spacial score (nSPS) is 18.3. The average Bonchev–Trinajstić information content (AvgIpc) is 3.48. The Morgan fingerprint density at radius 2 is 2.06 bits per heavy atom. The van der Waals surface area contributed by atoms with Crippen molar-refractivity contribution in [1.82, 2.24) is 29.9 Å². The number of likely N-dealkylation sites (tertiary alicyclic amines) is 1. The van der Waals surface area contributed by atoms with Crippen LogP contribution in [0.4, 0.5) is 10.5 Å². The number of hydrogen-bond donors (Lipinski definition) is 2. The summed E-state index contributed by atoms with van der Waals surface area (Å²) < 4.78 is 0. The zero-order valence-electron chi connectivity index (χ0n) is 18.3. The fourth-order valence-electron chi connectivity index (χ4n) is 4.59. The van der Waals surface area contributed by atoms with Gasteiger partial charge < -0.3 is 20.0 Å². The molecule has 1 saturated heterocycles. The number of aromatic amines is 1. The fourth-order valence-corrected chi connectivity index (χ4v) is 4.59. The van der Waals surface area contributed by atoms with Crippen LogP contribution in [0.25, 0.3) is 11.0 Å². The predicted octanol–water partition coefficient (Wildman–Crippen LogP) is 2.32. The van der Waals surface area contributed by atoms with Gasteiger partial charge in [-0.2, -0.15) is 5.10 Å². The van der Waals surface area contributed by atoms with E-state index in [1.165, 1.54) is 5.56 Å². The second kappa shape index (κ2) is 8.23. The molecular formula is C23H27N7O2. The average molecular weight is 434 g/mol. The van der Waals surface area contributed by atoms with E-state index in [1.54, 1.807) is 23.2 Å². The maximum absolute atomic E-state index is 12.9. The number of nitrogens with one attached hydrogen (secondary N) is 2. The number of nitrogens with zero attached hydrogens (tertiary/aromatic N) is 5. The van der Waals surface area contributed by atoms with Gasteiger partial charge in [-0.15, -0.1) is 0 Å². The van der Waals surface area contributed by atoms with Gasteiger partial charge in [0, 0.05) is 55.1 Å². The number of urea groups is 1. The van der Waals surface area contributed by atoms with E-state index >= 15 is 0 Å². The van der Waals surface area contributed by atoms with Crippen molar-refractivity contribution in [3.63, 3.8) is 0 Å². The molecule has 0 saturated carbocycles. The van der Waals surface area contributed by atoms with Crippen molar-refractivity contribution < 1.29 is 9.59 Å². The number of pyridine rings is 1. The molecule has 166 valence electrons. The summed E-state index contributed by atoms with van der Waals surface area (Å²) in [5.74, 6) is 0.00699. The Hall–Kier alpha value is -3.46. The second-order valence-corrected chi connectivity index (χ2v) is 8.73. The number of hydrogen-bond acceptors (Lipinski definition) is 5. The van der Waals surface area contributed by atoms with Crippen molar-refractivity contribution in [1.29, 1.82) is 0 Å². The topological polar surface area (TPSA) is 97.5 Å². The molecule has 9 heteroatoms. The van der Waals surface area contributed by atoms with Crippen molar-refractivity contribution in [3.05, 3.63) is 53.3 Å².